The molecule has 2 aromatic rings. The molecule has 5 nitrogen and oxygen atoms in total. The molecule has 0 saturated heterocycles. The van der Waals surface area contributed by atoms with Gasteiger partial charge in [-0.3, -0.25) is 4.79 Å². The fourth-order valence-corrected chi connectivity index (χ4v) is 3.03. The van der Waals surface area contributed by atoms with Gasteiger partial charge in [-0.25, -0.2) is 0 Å². The van der Waals surface area contributed by atoms with E-state index in [0.717, 1.165) is 17.0 Å². The lowest BCUT2D eigenvalue weighted by molar-refractivity contribution is -0.126. The second kappa shape index (κ2) is 6.43. The number of carbonyl (C=O) groups is 1. The van der Waals surface area contributed by atoms with Crippen molar-refractivity contribution >= 4 is 17.3 Å². The van der Waals surface area contributed by atoms with Crippen LogP contribution in [0.5, 0.6) is 11.5 Å². The molecule has 126 valence electrons. The molecule has 0 aromatic heterocycles. The molecule has 2 N–H and O–H groups in total. The molecule has 1 unspecified atom stereocenters. The van der Waals surface area contributed by atoms with Crippen LogP contribution >= 0.6 is 0 Å². The average molecular weight is 326 g/mol. The molecular formula is C19H22N2O3. The van der Waals surface area contributed by atoms with Gasteiger partial charge in [-0.2, -0.15) is 0 Å². The molecule has 1 aliphatic heterocycles. The molecule has 0 saturated carbocycles. The number of amides is 1. The number of nitrogen functional groups attached to an aromatic ring is 1. The zero-order chi connectivity index (χ0) is 17.3. The van der Waals surface area contributed by atoms with Crippen LogP contribution in [0.2, 0.25) is 0 Å². The third-order valence-electron chi connectivity index (χ3n) is 4.14. The SMILES string of the molecule is COc1ccccc1CC1Oc2cc(N)ccc2N(C(C)C)C1=O. The van der Waals surface area contributed by atoms with Crippen molar-refractivity contribution in [2.75, 3.05) is 17.7 Å². The summed E-state index contributed by atoms with van der Waals surface area (Å²) in [6.45, 7) is 3.98. The van der Waals surface area contributed by atoms with Crippen LogP contribution in [0.4, 0.5) is 11.4 Å². The first-order chi connectivity index (χ1) is 11.5. The molecule has 1 heterocycles. The summed E-state index contributed by atoms with van der Waals surface area (Å²) in [7, 11) is 1.62. The standard InChI is InChI=1S/C19H22N2O3/c1-12(2)21-15-9-8-14(20)11-17(15)24-18(19(21)22)10-13-6-4-5-7-16(13)23-3/h4-9,11-12,18H,10,20H2,1-3H3. The number of hydrogen-bond acceptors (Lipinski definition) is 4. The Labute approximate surface area is 142 Å². The second-order valence-corrected chi connectivity index (χ2v) is 6.15. The number of hydrogen-bond donors (Lipinski definition) is 1. The number of benzene rings is 2. The number of carbonyl (C=O) groups excluding carboxylic acids is 1. The van der Waals surface area contributed by atoms with Crippen molar-refractivity contribution in [1.29, 1.82) is 0 Å². The van der Waals surface area contributed by atoms with Gasteiger partial charge < -0.3 is 20.1 Å². The largest absolute Gasteiger partial charge is 0.496 e. The fraction of sp³-hybridized carbons (Fsp3) is 0.316. The predicted octanol–water partition coefficient (Wildman–Crippen LogP) is 3.02. The summed E-state index contributed by atoms with van der Waals surface area (Å²) in [5.74, 6) is 1.35. The molecule has 1 atom stereocenters. The quantitative estimate of drug-likeness (QED) is 0.877. The highest BCUT2D eigenvalue weighted by Crippen LogP contribution is 2.38. The smallest absolute Gasteiger partial charge is 0.268 e. The van der Waals surface area contributed by atoms with E-state index in [1.165, 1.54) is 0 Å². The number of para-hydroxylation sites is 1. The summed E-state index contributed by atoms with van der Waals surface area (Å²) in [6, 6.07) is 13.1. The topological polar surface area (TPSA) is 64.8 Å². The molecule has 0 bridgehead atoms. The van der Waals surface area contributed by atoms with Gasteiger partial charge in [-0.1, -0.05) is 18.2 Å². The molecule has 0 aliphatic carbocycles. The maximum absolute atomic E-state index is 12.9. The van der Waals surface area contributed by atoms with Crippen molar-refractivity contribution in [2.45, 2.75) is 32.4 Å². The van der Waals surface area contributed by atoms with Gasteiger partial charge >= 0.3 is 0 Å². The van der Waals surface area contributed by atoms with Crippen LogP contribution in [0.1, 0.15) is 19.4 Å². The molecule has 2 aromatic carbocycles. The number of ether oxygens (including phenoxy) is 2. The number of rotatable bonds is 4. The lowest BCUT2D eigenvalue weighted by atomic mass is 10.0. The molecule has 5 heteroatoms. The Kier molecular flexibility index (Phi) is 4.34. The highest BCUT2D eigenvalue weighted by Gasteiger charge is 2.36. The molecule has 0 spiro atoms. The fourth-order valence-electron chi connectivity index (χ4n) is 3.03. The Morgan fingerprint density at radius 2 is 2.00 bits per heavy atom. The van der Waals surface area contributed by atoms with Crippen LogP contribution in [0.25, 0.3) is 0 Å². The summed E-state index contributed by atoms with van der Waals surface area (Å²) >= 11 is 0. The van der Waals surface area contributed by atoms with E-state index in [9.17, 15) is 4.79 Å². The van der Waals surface area contributed by atoms with E-state index in [4.69, 9.17) is 15.2 Å². The predicted molar refractivity (Wildman–Crippen MR) is 94.6 cm³/mol. The van der Waals surface area contributed by atoms with Crippen molar-refractivity contribution in [3.8, 4) is 11.5 Å². The van der Waals surface area contributed by atoms with E-state index >= 15 is 0 Å². The van der Waals surface area contributed by atoms with Crippen LogP contribution in [0, 0.1) is 0 Å². The summed E-state index contributed by atoms with van der Waals surface area (Å²) in [5, 5.41) is 0. The first kappa shape index (κ1) is 16.2. The van der Waals surface area contributed by atoms with Gasteiger partial charge in [-0.05, 0) is 37.6 Å². The third-order valence-corrected chi connectivity index (χ3v) is 4.14. The van der Waals surface area contributed by atoms with E-state index in [1.54, 1.807) is 24.1 Å². The summed E-state index contributed by atoms with van der Waals surface area (Å²) in [5.41, 5.74) is 8.20. The Bertz CT molecular complexity index is 758. The highest BCUT2D eigenvalue weighted by molar-refractivity contribution is 6.01. The van der Waals surface area contributed by atoms with Gasteiger partial charge in [0.05, 0.1) is 12.8 Å². The molecule has 0 radical (unpaired) electrons. The third kappa shape index (κ3) is 2.89. The lowest BCUT2D eigenvalue weighted by Gasteiger charge is -2.37. The van der Waals surface area contributed by atoms with Crippen molar-refractivity contribution < 1.29 is 14.3 Å². The molecule has 1 amide bonds. The van der Waals surface area contributed by atoms with Crippen LogP contribution < -0.4 is 20.1 Å². The van der Waals surface area contributed by atoms with E-state index in [1.807, 2.05) is 44.2 Å². The van der Waals surface area contributed by atoms with Crippen molar-refractivity contribution in [3.63, 3.8) is 0 Å². The monoisotopic (exact) mass is 326 g/mol. The van der Waals surface area contributed by atoms with Crippen LogP contribution in [0.15, 0.2) is 42.5 Å². The molecule has 0 fully saturated rings. The van der Waals surface area contributed by atoms with Gasteiger partial charge in [0, 0.05) is 24.2 Å². The number of fused-ring (bicyclic) bond motifs is 1. The summed E-state index contributed by atoms with van der Waals surface area (Å²) in [6.07, 6.45) is -0.154. The number of nitrogens with zero attached hydrogens (tertiary/aromatic N) is 1. The molecule has 1 aliphatic rings. The average Bonchev–Trinajstić information content (AvgIpc) is 2.56. The Morgan fingerprint density at radius 3 is 2.71 bits per heavy atom. The second-order valence-electron chi connectivity index (χ2n) is 6.15. The van der Waals surface area contributed by atoms with Crippen LogP contribution in [-0.2, 0) is 11.2 Å². The molecule has 3 rings (SSSR count). The van der Waals surface area contributed by atoms with Gasteiger partial charge in [0.25, 0.3) is 5.91 Å². The zero-order valence-corrected chi connectivity index (χ0v) is 14.2. The van der Waals surface area contributed by atoms with E-state index in [2.05, 4.69) is 0 Å². The van der Waals surface area contributed by atoms with Crippen LogP contribution in [-0.4, -0.2) is 25.2 Å². The Hall–Kier alpha value is -2.69. The highest BCUT2D eigenvalue weighted by atomic mass is 16.5. The lowest BCUT2D eigenvalue weighted by Crippen LogP contribution is -2.50. The molecular weight excluding hydrogens is 304 g/mol. The van der Waals surface area contributed by atoms with Crippen molar-refractivity contribution in [3.05, 3.63) is 48.0 Å². The van der Waals surface area contributed by atoms with Crippen LogP contribution in [0.3, 0.4) is 0 Å². The van der Waals surface area contributed by atoms with Gasteiger partial charge in [0.1, 0.15) is 11.5 Å². The minimum absolute atomic E-state index is 0.0314. The summed E-state index contributed by atoms with van der Waals surface area (Å²) < 4.78 is 11.4. The van der Waals surface area contributed by atoms with E-state index in [-0.39, 0.29) is 11.9 Å². The Morgan fingerprint density at radius 1 is 1.25 bits per heavy atom. The number of methoxy groups -OCH3 is 1. The van der Waals surface area contributed by atoms with E-state index < -0.39 is 6.10 Å². The normalized spacial score (nSPS) is 16.8. The van der Waals surface area contributed by atoms with Gasteiger partial charge in [0.2, 0.25) is 0 Å². The van der Waals surface area contributed by atoms with Crippen molar-refractivity contribution in [1.82, 2.24) is 0 Å². The summed E-state index contributed by atoms with van der Waals surface area (Å²) in [4.78, 5) is 14.7. The number of anilines is 2. The van der Waals surface area contributed by atoms with E-state index in [0.29, 0.717) is 17.9 Å². The first-order valence-electron chi connectivity index (χ1n) is 8.02. The number of nitrogens with two attached hydrogens (primary N) is 1. The zero-order valence-electron chi connectivity index (χ0n) is 14.2. The molecule has 24 heavy (non-hydrogen) atoms. The van der Waals surface area contributed by atoms with Gasteiger partial charge in [0.15, 0.2) is 6.10 Å². The maximum Gasteiger partial charge on any atom is 0.268 e. The maximum atomic E-state index is 12.9. The van der Waals surface area contributed by atoms with Crippen molar-refractivity contribution in [2.24, 2.45) is 0 Å². The Balaban J connectivity index is 1.96. The minimum atomic E-state index is -0.599. The first-order valence-corrected chi connectivity index (χ1v) is 8.02. The minimum Gasteiger partial charge on any atom is -0.496 e. The van der Waals surface area contributed by atoms with Gasteiger partial charge in [-0.15, -0.1) is 0 Å².